The van der Waals surface area contributed by atoms with Gasteiger partial charge in [0.1, 0.15) is 11.5 Å². The molecule has 88 valence electrons. The summed E-state index contributed by atoms with van der Waals surface area (Å²) in [7, 11) is 3.17. The maximum Gasteiger partial charge on any atom is 0.314 e. The van der Waals surface area contributed by atoms with Crippen molar-refractivity contribution in [3.8, 4) is 11.5 Å². The molecule has 1 rings (SSSR count). The molecule has 0 atom stereocenters. The van der Waals surface area contributed by atoms with Gasteiger partial charge in [0.2, 0.25) is 0 Å². The number of aryl methyl sites for hydroxylation is 1. The lowest BCUT2D eigenvalue weighted by Crippen LogP contribution is -2.16. The molecule has 0 aliphatic carbocycles. The first-order chi connectivity index (χ1) is 7.58. The summed E-state index contributed by atoms with van der Waals surface area (Å²) < 4.78 is 10.4. The molecule has 5 heteroatoms. The third-order valence-corrected chi connectivity index (χ3v) is 2.35. The average Bonchev–Trinajstić information content (AvgIpc) is 2.26. The van der Waals surface area contributed by atoms with Gasteiger partial charge in [-0.2, -0.15) is 0 Å². The number of rotatable bonds is 4. The summed E-state index contributed by atoms with van der Waals surface area (Å²) in [5.41, 5.74) is 1.79. The molecule has 0 unspecified atom stereocenters. The van der Waals surface area contributed by atoms with E-state index in [-0.39, 0.29) is 0 Å². The molecule has 0 saturated heterocycles. The van der Waals surface area contributed by atoms with Crippen molar-refractivity contribution < 1.29 is 14.3 Å². The van der Waals surface area contributed by atoms with E-state index in [1.807, 2.05) is 19.1 Å². The molecule has 0 aromatic heterocycles. The van der Waals surface area contributed by atoms with Crippen molar-refractivity contribution in [3.63, 3.8) is 0 Å². The number of amides is 1. The molecule has 1 aromatic carbocycles. The van der Waals surface area contributed by atoms with E-state index in [0.717, 1.165) is 16.9 Å². The molecule has 0 radical (unpaired) electrons. The summed E-state index contributed by atoms with van der Waals surface area (Å²) in [5.74, 6) is 1.45. The van der Waals surface area contributed by atoms with Crippen molar-refractivity contribution in [2.24, 2.45) is 0 Å². The number of hydrogen-bond donors (Lipinski definition) is 1. The lowest BCUT2D eigenvalue weighted by atomic mass is 10.1. The minimum Gasteiger partial charge on any atom is -0.496 e. The summed E-state index contributed by atoms with van der Waals surface area (Å²) in [6.07, 6.45) is 0. The number of ether oxygens (including phenoxy) is 2. The van der Waals surface area contributed by atoms with E-state index in [4.69, 9.17) is 21.1 Å². The Morgan fingerprint density at radius 3 is 2.44 bits per heavy atom. The van der Waals surface area contributed by atoms with Crippen LogP contribution >= 0.6 is 11.6 Å². The fourth-order valence-electron chi connectivity index (χ4n) is 1.42. The largest absolute Gasteiger partial charge is 0.496 e. The molecule has 1 amide bonds. The molecule has 16 heavy (non-hydrogen) atoms. The molecule has 0 aliphatic heterocycles. The molecule has 0 heterocycles. The third-order valence-electron chi connectivity index (χ3n) is 2.22. The van der Waals surface area contributed by atoms with E-state index in [2.05, 4.69) is 5.32 Å². The van der Waals surface area contributed by atoms with Crippen LogP contribution in [0.1, 0.15) is 11.1 Å². The molecule has 0 saturated carbocycles. The minimum absolute atomic E-state index is 0.308. The second-order valence-corrected chi connectivity index (χ2v) is 3.60. The fraction of sp³-hybridized carbons (Fsp3) is 0.364. The molecular weight excluding hydrogens is 230 g/mol. The number of nitrogens with one attached hydrogen (secondary N) is 1. The van der Waals surface area contributed by atoms with Gasteiger partial charge in [0.15, 0.2) is 0 Å². The van der Waals surface area contributed by atoms with Gasteiger partial charge in [-0.15, -0.1) is 0 Å². The Hall–Kier alpha value is -1.42. The monoisotopic (exact) mass is 243 g/mol. The minimum atomic E-state index is -0.596. The Kier molecular flexibility index (Phi) is 4.43. The smallest absolute Gasteiger partial charge is 0.314 e. The van der Waals surface area contributed by atoms with Crippen molar-refractivity contribution >= 4 is 17.0 Å². The molecule has 0 fully saturated rings. The maximum absolute atomic E-state index is 10.6. The highest BCUT2D eigenvalue weighted by atomic mass is 35.5. The number of carbonyl (C=O) groups excluding carboxylic acids is 1. The van der Waals surface area contributed by atoms with Crippen LogP contribution in [-0.2, 0) is 6.54 Å². The van der Waals surface area contributed by atoms with Crippen LogP contribution in [0.4, 0.5) is 4.79 Å². The van der Waals surface area contributed by atoms with E-state index in [0.29, 0.717) is 12.3 Å². The van der Waals surface area contributed by atoms with Gasteiger partial charge in [0.05, 0.1) is 14.2 Å². The Bertz CT molecular complexity index is 393. The van der Waals surface area contributed by atoms with E-state index < -0.39 is 5.37 Å². The first-order valence-electron chi connectivity index (χ1n) is 4.73. The van der Waals surface area contributed by atoms with Crippen LogP contribution in [0.25, 0.3) is 0 Å². The summed E-state index contributed by atoms with van der Waals surface area (Å²) in [6, 6.07) is 3.68. The number of benzene rings is 1. The van der Waals surface area contributed by atoms with Crippen LogP contribution in [-0.4, -0.2) is 19.6 Å². The van der Waals surface area contributed by atoms with Gasteiger partial charge < -0.3 is 14.8 Å². The molecule has 1 N–H and O–H groups in total. The van der Waals surface area contributed by atoms with Gasteiger partial charge in [0, 0.05) is 12.1 Å². The highest BCUT2D eigenvalue weighted by Gasteiger charge is 2.09. The summed E-state index contributed by atoms with van der Waals surface area (Å²) in [4.78, 5) is 10.6. The van der Waals surface area contributed by atoms with Gasteiger partial charge in [-0.25, -0.2) is 0 Å². The second kappa shape index (κ2) is 5.61. The van der Waals surface area contributed by atoms with Gasteiger partial charge >= 0.3 is 5.37 Å². The fourth-order valence-corrected chi connectivity index (χ4v) is 1.48. The third kappa shape index (κ3) is 3.03. The Labute approximate surface area is 99.5 Å². The zero-order valence-corrected chi connectivity index (χ0v) is 10.2. The number of methoxy groups -OCH3 is 2. The summed E-state index contributed by atoms with van der Waals surface area (Å²) in [5, 5.41) is 1.90. The number of hydrogen-bond acceptors (Lipinski definition) is 3. The number of carbonyl (C=O) groups is 1. The van der Waals surface area contributed by atoms with E-state index in [1.165, 1.54) is 0 Å². The summed E-state index contributed by atoms with van der Waals surface area (Å²) >= 11 is 5.21. The Morgan fingerprint density at radius 2 is 1.94 bits per heavy atom. The molecule has 1 aromatic rings. The quantitative estimate of drug-likeness (QED) is 0.653. The Morgan fingerprint density at radius 1 is 1.31 bits per heavy atom. The van der Waals surface area contributed by atoms with Crippen molar-refractivity contribution in [3.05, 3.63) is 23.3 Å². The van der Waals surface area contributed by atoms with Crippen molar-refractivity contribution in [2.75, 3.05) is 14.2 Å². The topological polar surface area (TPSA) is 47.6 Å². The molecule has 4 nitrogen and oxygen atoms in total. The van der Waals surface area contributed by atoms with Crippen LogP contribution in [0.3, 0.4) is 0 Å². The first-order valence-corrected chi connectivity index (χ1v) is 5.11. The van der Waals surface area contributed by atoms with Crippen molar-refractivity contribution in [2.45, 2.75) is 13.5 Å². The van der Waals surface area contributed by atoms with Crippen molar-refractivity contribution in [1.29, 1.82) is 0 Å². The van der Waals surface area contributed by atoms with Crippen LogP contribution in [0.5, 0.6) is 11.5 Å². The van der Waals surface area contributed by atoms with Crippen LogP contribution in [0, 0.1) is 6.92 Å². The first kappa shape index (κ1) is 12.6. The predicted molar refractivity (Wildman–Crippen MR) is 62.4 cm³/mol. The van der Waals surface area contributed by atoms with Crippen LogP contribution in [0.2, 0.25) is 0 Å². The van der Waals surface area contributed by atoms with Gasteiger partial charge in [0.25, 0.3) is 0 Å². The standard InChI is InChI=1S/C11H14ClNO3/c1-7-4-10(16-3)8(5-9(7)15-2)6-13-11(12)14/h4-5H,6H2,1-3H3,(H,13,14). The lowest BCUT2D eigenvalue weighted by Gasteiger charge is -2.12. The highest BCUT2D eigenvalue weighted by Crippen LogP contribution is 2.28. The van der Waals surface area contributed by atoms with Crippen LogP contribution in [0.15, 0.2) is 12.1 Å². The van der Waals surface area contributed by atoms with Gasteiger partial charge in [-0.3, -0.25) is 4.79 Å². The van der Waals surface area contributed by atoms with Crippen molar-refractivity contribution in [1.82, 2.24) is 5.32 Å². The SMILES string of the molecule is COc1cc(CNC(=O)Cl)c(OC)cc1C. The molecular formula is C11H14ClNO3. The highest BCUT2D eigenvalue weighted by molar-refractivity contribution is 6.62. The zero-order chi connectivity index (χ0) is 12.1. The lowest BCUT2D eigenvalue weighted by molar-refractivity contribution is 0.259. The van der Waals surface area contributed by atoms with Gasteiger partial charge in [-0.1, -0.05) is 0 Å². The van der Waals surface area contributed by atoms with Crippen LogP contribution < -0.4 is 14.8 Å². The maximum atomic E-state index is 10.6. The summed E-state index contributed by atoms with van der Waals surface area (Å²) in [6.45, 7) is 2.23. The molecule has 0 spiro atoms. The predicted octanol–water partition coefficient (Wildman–Crippen LogP) is 2.46. The van der Waals surface area contributed by atoms with E-state index >= 15 is 0 Å². The van der Waals surface area contributed by atoms with E-state index in [9.17, 15) is 4.79 Å². The number of halogens is 1. The normalized spacial score (nSPS) is 9.75. The van der Waals surface area contributed by atoms with E-state index in [1.54, 1.807) is 14.2 Å². The molecule has 0 bridgehead atoms. The zero-order valence-electron chi connectivity index (χ0n) is 9.46. The Balaban J connectivity index is 2.99. The second-order valence-electron chi connectivity index (χ2n) is 3.26. The van der Waals surface area contributed by atoms with Gasteiger partial charge in [-0.05, 0) is 36.2 Å². The average molecular weight is 244 g/mol. The molecule has 0 aliphatic rings.